The number of benzene rings is 3. The average Bonchev–Trinajstić information content (AvgIpc) is 2.63. The van der Waals surface area contributed by atoms with Gasteiger partial charge in [-0.3, -0.25) is 0 Å². The van der Waals surface area contributed by atoms with Crippen LogP contribution in [-0.2, 0) is 4.74 Å². The van der Waals surface area contributed by atoms with Crippen molar-refractivity contribution < 1.29 is 14.3 Å². The lowest BCUT2D eigenvalue weighted by molar-refractivity contribution is 0.0486. The number of hydrogen-bond acceptors (Lipinski definition) is 3. The van der Waals surface area contributed by atoms with E-state index in [9.17, 15) is 4.79 Å². The maximum Gasteiger partial charge on any atom is 0.338 e. The van der Waals surface area contributed by atoms with E-state index < -0.39 is 0 Å². The van der Waals surface area contributed by atoms with Crippen LogP contribution in [0.5, 0.6) is 5.75 Å². The zero-order valence-corrected chi connectivity index (χ0v) is 14.8. The molecule has 3 nitrogen and oxygen atoms in total. The first-order valence-corrected chi connectivity index (χ1v) is 8.56. The maximum absolute atomic E-state index is 12.1. The third kappa shape index (κ3) is 4.52. The Hall–Kier alpha value is -2.52. The van der Waals surface area contributed by atoms with E-state index in [1.165, 1.54) is 0 Å². The summed E-state index contributed by atoms with van der Waals surface area (Å²) in [5.41, 5.74) is 1.54. The van der Waals surface area contributed by atoms with Gasteiger partial charge in [0.15, 0.2) is 0 Å². The second-order valence-corrected chi connectivity index (χ2v) is 6.22. The van der Waals surface area contributed by atoms with Crippen LogP contribution in [0.2, 0.25) is 5.02 Å². The Balaban J connectivity index is 1.46. The first-order valence-electron chi connectivity index (χ1n) is 8.18. The molecule has 0 bridgehead atoms. The minimum absolute atomic E-state index is 0.312. The zero-order chi connectivity index (χ0) is 17.6. The van der Waals surface area contributed by atoms with Gasteiger partial charge in [-0.15, -0.1) is 0 Å². The number of carbonyl (C=O) groups excluding carboxylic acids is 1. The molecule has 128 valence electrons. The van der Waals surface area contributed by atoms with Crippen LogP contribution >= 0.6 is 11.6 Å². The minimum Gasteiger partial charge on any atom is -0.493 e. The molecule has 4 heteroatoms. The third-order valence-electron chi connectivity index (χ3n) is 3.91. The number of fused-ring (bicyclic) bond motifs is 1. The lowest BCUT2D eigenvalue weighted by atomic mass is 10.1. The molecule has 0 aromatic heterocycles. The fourth-order valence-corrected chi connectivity index (χ4v) is 2.64. The minimum atomic E-state index is -0.312. The summed E-state index contributed by atoms with van der Waals surface area (Å²) in [5, 5.41) is 2.85. The predicted octanol–water partition coefficient (Wildman–Crippen LogP) is 5.43. The van der Waals surface area contributed by atoms with E-state index in [0.29, 0.717) is 25.2 Å². The van der Waals surface area contributed by atoms with Crippen LogP contribution in [0.1, 0.15) is 22.3 Å². The van der Waals surface area contributed by atoms with Gasteiger partial charge in [0, 0.05) is 11.4 Å². The average molecular weight is 355 g/mol. The summed E-state index contributed by atoms with van der Waals surface area (Å²) < 4.78 is 11.0. The van der Waals surface area contributed by atoms with E-state index in [0.717, 1.165) is 27.1 Å². The Morgan fingerprint density at radius 3 is 2.56 bits per heavy atom. The van der Waals surface area contributed by atoms with Crippen LogP contribution in [0.15, 0.2) is 60.7 Å². The van der Waals surface area contributed by atoms with E-state index in [4.69, 9.17) is 21.1 Å². The molecule has 0 heterocycles. The van der Waals surface area contributed by atoms with Crippen molar-refractivity contribution in [2.45, 2.75) is 13.3 Å². The number of aryl methyl sites for hydroxylation is 1. The van der Waals surface area contributed by atoms with Gasteiger partial charge in [0.1, 0.15) is 5.75 Å². The number of rotatable bonds is 6. The van der Waals surface area contributed by atoms with Crippen molar-refractivity contribution in [1.82, 2.24) is 0 Å². The van der Waals surface area contributed by atoms with Crippen LogP contribution in [0.3, 0.4) is 0 Å². The van der Waals surface area contributed by atoms with Gasteiger partial charge in [-0.05, 0) is 53.6 Å². The number of esters is 1. The summed E-state index contributed by atoms with van der Waals surface area (Å²) >= 11 is 5.98. The third-order valence-corrected chi connectivity index (χ3v) is 4.33. The number of halogens is 1. The molecule has 0 fully saturated rings. The van der Waals surface area contributed by atoms with Crippen molar-refractivity contribution in [3.63, 3.8) is 0 Å². The SMILES string of the molecule is Cc1cc(OCCCOC(=O)c2ccc3ccccc3c2)ccc1Cl. The summed E-state index contributed by atoms with van der Waals surface area (Å²) in [6, 6.07) is 19.0. The van der Waals surface area contributed by atoms with Gasteiger partial charge in [-0.1, -0.05) is 41.9 Å². The molecule has 0 spiro atoms. The maximum atomic E-state index is 12.1. The topological polar surface area (TPSA) is 35.5 Å². The standard InChI is InChI=1S/C21H19ClO3/c1-15-13-19(9-10-20(15)22)24-11-4-12-25-21(23)18-8-7-16-5-2-3-6-17(16)14-18/h2-3,5-10,13-14H,4,11-12H2,1H3. The monoisotopic (exact) mass is 354 g/mol. The van der Waals surface area contributed by atoms with Gasteiger partial charge < -0.3 is 9.47 Å². The summed E-state index contributed by atoms with van der Waals surface area (Å²) in [6.07, 6.45) is 0.626. The van der Waals surface area contributed by atoms with Crippen molar-refractivity contribution in [1.29, 1.82) is 0 Å². The second-order valence-electron chi connectivity index (χ2n) is 5.81. The summed E-state index contributed by atoms with van der Waals surface area (Å²) in [4.78, 5) is 12.1. The molecular weight excluding hydrogens is 336 g/mol. The van der Waals surface area contributed by atoms with Gasteiger partial charge >= 0.3 is 5.97 Å². The number of ether oxygens (including phenoxy) is 2. The lowest BCUT2D eigenvalue weighted by Crippen LogP contribution is -2.09. The Morgan fingerprint density at radius 1 is 0.960 bits per heavy atom. The zero-order valence-electron chi connectivity index (χ0n) is 14.0. The van der Waals surface area contributed by atoms with Crippen molar-refractivity contribution in [2.75, 3.05) is 13.2 Å². The van der Waals surface area contributed by atoms with Crippen LogP contribution in [0, 0.1) is 6.92 Å². The van der Waals surface area contributed by atoms with Gasteiger partial charge in [0.2, 0.25) is 0 Å². The molecule has 0 amide bonds. The van der Waals surface area contributed by atoms with E-state index in [1.54, 1.807) is 6.07 Å². The van der Waals surface area contributed by atoms with Crippen molar-refractivity contribution in [3.05, 3.63) is 76.8 Å². The van der Waals surface area contributed by atoms with E-state index in [-0.39, 0.29) is 5.97 Å². The second kappa shape index (κ2) is 8.04. The molecule has 0 atom stereocenters. The predicted molar refractivity (Wildman–Crippen MR) is 101 cm³/mol. The molecule has 0 unspecified atom stereocenters. The van der Waals surface area contributed by atoms with E-state index >= 15 is 0 Å². The van der Waals surface area contributed by atoms with E-state index in [2.05, 4.69) is 0 Å². The fourth-order valence-electron chi connectivity index (χ4n) is 2.52. The molecule has 0 aliphatic rings. The van der Waals surface area contributed by atoms with Gasteiger partial charge in [-0.25, -0.2) is 4.79 Å². The molecule has 3 aromatic carbocycles. The molecule has 0 radical (unpaired) electrons. The summed E-state index contributed by atoms with van der Waals surface area (Å²) in [6.45, 7) is 2.73. The highest BCUT2D eigenvalue weighted by Crippen LogP contribution is 2.21. The van der Waals surface area contributed by atoms with Gasteiger partial charge in [-0.2, -0.15) is 0 Å². The van der Waals surface area contributed by atoms with Crippen LogP contribution in [-0.4, -0.2) is 19.2 Å². The quantitative estimate of drug-likeness (QED) is 0.437. The molecule has 25 heavy (non-hydrogen) atoms. The van der Waals surface area contributed by atoms with Crippen molar-refractivity contribution >= 4 is 28.3 Å². The Labute approximate surface area is 152 Å². The van der Waals surface area contributed by atoms with Crippen LogP contribution < -0.4 is 4.74 Å². The molecule has 3 aromatic rings. The fraction of sp³-hybridized carbons (Fsp3) is 0.190. The molecule has 0 saturated carbocycles. The van der Waals surface area contributed by atoms with Crippen LogP contribution in [0.25, 0.3) is 10.8 Å². The first-order chi connectivity index (χ1) is 12.1. The van der Waals surface area contributed by atoms with Crippen molar-refractivity contribution in [2.24, 2.45) is 0 Å². The Kier molecular flexibility index (Phi) is 5.56. The molecule has 0 saturated heterocycles. The Bertz CT molecular complexity index is 889. The molecule has 0 aliphatic carbocycles. The Morgan fingerprint density at radius 2 is 1.76 bits per heavy atom. The van der Waals surface area contributed by atoms with Crippen LogP contribution in [0.4, 0.5) is 0 Å². The molecule has 0 N–H and O–H groups in total. The lowest BCUT2D eigenvalue weighted by Gasteiger charge is -2.09. The number of hydrogen-bond donors (Lipinski definition) is 0. The largest absolute Gasteiger partial charge is 0.493 e. The highest BCUT2D eigenvalue weighted by molar-refractivity contribution is 6.31. The highest BCUT2D eigenvalue weighted by Gasteiger charge is 2.07. The van der Waals surface area contributed by atoms with Gasteiger partial charge in [0.25, 0.3) is 0 Å². The molecule has 0 aliphatic heterocycles. The van der Waals surface area contributed by atoms with Crippen molar-refractivity contribution in [3.8, 4) is 5.75 Å². The summed E-state index contributed by atoms with van der Waals surface area (Å²) in [5.74, 6) is 0.454. The smallest absolute Gasteiger partial charge is 0.338 e. The highest BCUT2D eigenvalue weighted by atomic mass is 35.5. The molecule has 3 rings (SSSR count). The molecular formula is C21H19ClO3. The van der Waals surface area contributed by atoms with Gasteiger partial charge in [0.05, 0.1) is 18.8 Å². The number of carbonyl (C=O) groups is 1. The normalized spacial score (nSPS) is 10.6. The first kappa shape index (κ1) is 17.3. The van der Waals surface area contributed by atoms with E-state index in [1.807, 2.05) is 61.5 Å². The summed E-state index contributed by atoms with van der Waals surface area (Å²) in [7, 11) is 0.